The highest BCUT2D eigenvalue weighted by molar-refractivity contribution is 7.25. The van der Waals surface area contributed by atoms with Gasteiger partial charge in [-0.25, -0.2) is 0 Å². The molecule has 64 heavy (non-hydrogen) atoms. The summed E-state index contributed by atoms with van der Waals surface area (Å²) in [5.41, 5.74) is 15.6. The number of nitrogens with zero attached hydrogens (tertiary/aromatic N) is 3. The second-order valence-electron chi connectivity index (χ2n) is 16.9. The van der Waals surface area contributed by atoms with E-state index in [0.717, 1.165) is 11.4 Å². The first-order valence-corrected chi connectivity index (χ1v) is 22.7. The molecule has 14 aromatic rings. The lowest BCUT2D eigenvalue weighted by molar-refractivity contribution is 1.16. The minimum Gasteiger partial charge on any atom is -0.309 e. The van der Waals surface area contributed by atoms with E-state index >= 15 is 0 Å². The molecule has 0 bridgehead atoms. The Morgan fingerprint density at radius 3 is 1.27 bits per heavy atom. The molecule has 3 nitrogen and oxygen atoms in total. The van der Waals surface area contributed by atoms with E-state index in [0.29, 0.717) is 0 Å². The van der Waals surface area contributed by atoms with Crippen molar-refractivity contribution in [3.63, 3.8) is 0 Å². The van der Waals surface area contributed by atoms with Crippen LogP contribution in [0.15, 0.2) is 224 Å². The maximum Gasteiger partial charge on any atom is 0.0555 e. The van der Waals surface area contributed by atoms with Gasteiger partial charge in [-0.2, -0.15) is 0 Å². The van der Waals surface area contributed by atoms with Crippen LogP contribution in [0.2, 0.25) is 0 Å². The van der Waals surface area contributed by atoms with Crippen LogP contribution in [0.4, 0.5) is 0 Å². The third-order valence-electron chi connectivity index (χ3n) is 13.4. The van der Waals surface area contributed by atoms with Crippen molar-refractivity contribution in [2.24, 2.45) is 0 Å². The van der Waals surface area contributed by atoms with Crippen LogP contribution in [0.3, 0.4) is 0 Å². The van der Waals surface area contributed by atoms with Gasteiger partial charge in [-0.15, -0.1) is 11.3 Å². The van der Waals surface area contributed by atoms with Gasteiger partial charge in [0, 0.05) is 63.9 Å². The van der Waals surface area contributed by atoms with Crippen molar-refractivity contribution in [2.45, 2.75) is 0 Å². The molecule has 298 valence electrons. The first-order valence-electron chi connectivity index (χ1n) is 21.9. The number of thiophene rings is 1. The molecule has 0 spiro atoms. The molecule has 0 atom stereocenters. The zero-order valence-electron chi connectivity index (χ0n) is 34.6. The van der Waals surface area contributed by atoms with Crippen LogP contribution in [0, 0.1) is 0 Å². The van der Waals surface area contributed by atoms with Crippen molar-refractivity contribution >= 4 is 96.9 Å². The molecule has 0 radical (unpaired) electrons. The second kappa shape index (κ2) is 13.7. The molecule has 0 saturated heterocycles. The van der Waals surface area contributed by atoms with Gasteiger partial charge in [0.15, 0.2) is 0 Å². The fourth-order valence-corrected chi connectivity index (χ4v) is 11.7. The maximum absolute atomic E-state index is 2.49. The Hall–Kier alpha value is -8.18. The van der Waals surface area contributed by atoms with Crippen LogP contribution in [0.5, 0.6) is 0 Å². The molecule has 4 heterocycles. The SMILES string of the molecule is c1ccc(-c2ccc(-c3ccc4sc5cccc(-n6c7ccccc7c7cc(-n8c9ccccc9c9cc(-n%10c%11ccccc%11c%11ccccc%11%10)ccc98)ccc76)c5c4c3)cc2)cc1. The summed E-state index contributed by atoms with van der Waals surface area (Å²) in [5.74, 6) is 0. The lowest BCUT2D eigenvalue weighted by Gasteiger charge is -2.12. The summed E-state index contributed by atoms with van der Waals surface area (Å²) in [6.45, 7) is 0. The van der Waals surface area contributed by atoms with E-state index in [9.17, 15) is 0 Å². The molecule has 14 rings (SSSR count). The molecule has 0 N–H and O–H groups in total. The predicted octanol–water partition coefficient (Wildman–Crippen LogP) is 16.7. The van der Waals surface area contributed by atoms with E-state index < -0.39 is 0 Å². The summed E-state index contributed by atoms with van der Waals surface area (Å²) in [5, 5.41) is 10.1. The Morgan fingerprint density at radius 2 is 0.688 bits per heavy atom. The number of hydrogen-bond donors (Lipinski definition) is 0. The van der Waals surface area contributed by atoms with Crippen molar-refractivity contribution in [3.8, 4) is 39.3 Å². The average Bonchev–Trinajstić information content (AvgIpc) is 4.10. The standard InChI is InChI=1S/C60H37N3S/c1-2-13-38(14-3-1)39-25-27-40(28-26-39)41-29-34-58-50(35-41)60-57(23-12-24-59(60)64-58)63-54-22-11-7-18-47(54)49-37-43(31-33-56(49)63)62-53-21-10-6-17-46(53)48-36-42(30-32-55(48)62)61-51-19-8-4-15-44(51)45-16-5-9-20-52(45)61/h1-37H. The lowest BCUT2D eigenvalue weighted by atomic mass is 9.99. The summed E-state index contributed by atoms with van der Waals surface area (Å²) < 4.78 is 9.94. The van der Waals surface area contributed by atoms with E-state index in [2.05, 4.69) is 238 Å². The van der Waals surface area contributed by atoms with E-state index in [1.54, 1.807) is 0 Å². The van der Waals surface area contributed by atoms with Gasteiger partial charge in [0.1, 0.15) is 0 Å². The van der Waals surface area contributed by atoms with Gasteiger partial charge in [-0.3, -0.25) is 0 Å². The number of fused-ring (bicyclic) bond motifs is 12. The number of hydrogen-bond acceptors (Lipinski definition) is 1. The van der Waals surface area contributed by atoms with Crippen LogP contribution in [0.25, 0.3) is 125 Å². The molecule has 0 fully saturated rings. The number of para-hydroxylation sites is 4. The molecule has 4 heteroatoms. The molecule has 0 aliphatic heterocycles. The summed E-state index contributed by atoms with van der Waals surface area (Å²) in [4.78, 5) is 0. The van der Waals surface area contributed by atoms with Crippen molar-refractivity contribution in [1.82, 2.24) is 13.7 Å². The lowest BCUT2D eigenvalue weighted by Crippen LogP contribution is -1.97. The highest BCUT2D eigenvalue weighted by Crippen LogP contribution is 2.44. The van der Waals surface area contributed by atoms with Crippen molar-refractivity contribution in [3.05, 3.63) is 224 Å². The average molecular weight is 832 g/mol. The topological polar surface area (TPSA) is 14.8 Å². The zero-order chi connectivity index (χ0) is 41.9. The van der Waals surface area contributed by atoms with Crippen LogP contribution < -0.4 is 0 Å². The quantitative estimate of drug-likeness (QED) is 0.164. The Balaban J connectivity index is 0.938. The second-order valence-corrected chi connectivity index (χ2v) is 18.0. The van der Waals surface area contributed by atoms with Crippen LogP contribution in [-0.2, 0) is 0 Å². The van der Waals surface area contributed by atoms with E-state index in [-0.39, 0.29) is 0 Å². The molecule has 0 amide bonds. The first kappa shape index (κ1) is 35.4. The Kier molecular flexibility index (Phi) is 7.56. The normalized spacial score (nSPS) is 12.1. The number of rotatable bonds is 5. The van der Waals surface area contributed by atoms with E-state index in [1.807, 2.05) is 11.3 Å². The smallest absolute Gasteiger partial charge is 0.0555 e. The highest BCUT2D eigenvalue weighted by Gasteiger charge is 2.20. The van der Waals surface area contributed by atoms with Gasteiger partial charge < -0.3 is 13.7 Å². The predicted molar refractivity (Wildman–Crippen MR) is 273 cm³/mol. The minimum absolute atomic E-state index is 1.15. The Labute approximate surface area is 372 Å². The zero-order valence-corrected chi connectivity index (χ0v) is 35.4. The fraction of sp³-hybridized carbons (Fsp3) is 0. The van der Waals surface area contributed by atoms with Crippen LogP contribution in [0.1, 0.15) is 0 Å². The van der Waals surface area contributed by atoms with Crippen molar-refractivity contribution in [1.29, 1.82) is 0 Å². The Bertz CT molecular complexity index is 4130. The van der Waals surface area contributed by atoms with Crippen LogP contribution in [-0.4, -0.2) is 13.7 Å². The molecule has 0 aliphatic carbocycles. The van der Waals surface area contributed by atoms with Crippen molar-refractivity contribution in [2.75, 3.05) is 0 Å². The van der Waals surface area contributed by atoms with E-state index in [1.165, 1.54) is 114 Å². The highest BCUT2D eigenvalue weighted by atomic mass is 32.1. The molecular weight excluding hydrogens is 795 g/mol. The van der Waals surface area contributed by atoms with E-state index in [4.69, 9.17) is 0 Å². The molecule has 0 aliphatic rings. The first-order chi connectivity index (χ1) is 31.7. The summed E-state index contributed by atoms with van der Waals surface area (Å²) in [7, 11) is 0. The van der Waals surface area contributed by atoms with Gasteiger partial charge in [-0.05, 0) is 107 Å². The fourth-order valence-electron chi connectivity index (χ4n) is 10.6. The molecular formula is C60H37N3S. The minimum atomic E-state index is 1.15. The number of benzene rings is 10. The van der Waals surface area contributed by atoms with Gasteiger partial charge in [0.05, 0.1) is 38.8 Å². The largest absolute Gasteiger partial charge is 0.309 e. The number of aromatic nitrogens is 3. The molecule has 4 aromatic heterocycles. The molecule has 0 saturated carbocycles. The van der Waals surface area contributed by atoms with Gasteiger partial charge >= 0.3 is 0 Å². The molecule has 0 unspecified atom stereocenters. The molecule has 10 aromatic carbocycles. The third kappa shape index (κ3) is 5.15. The van der Waals surface area contributed by atoms with Crippen LogP contribution >= 0.6 is 11.3 Å². The Morgan fingerprint density at radius 1 is 0.250 bits per heavy atom. The monoisotopic (exact) mass is 831 g/mol. The summed E-state index contributed by atoms with van der Waals surface area (Å²) >= 11 is 1.87. The van der Waals surface area contributed by atoms with Crippen molar-refractivity contribution < 1.29 is 0 Å². The summed E-state index contributed by atoms with van der Waals surface area (Å²) in [6.07, 6.45) is 0. The van der Waals surface area contributed by atoms with Gasteiger partial charge in [0.25, 0.3) is 0 Å². The summed E-state index contributed by atoms with van der Waals surface area (Å²) in [6, 6.07) is 82.7. The maximum atomic E-state index is 2.49. The third-order valence-corrected chi connectivity index (χ3v) is 14.6. The van der Waals surface area contributed by atoms with Gasteiger partial charge in [-0.1, -0.05) is 140 Å². The van der Waals surface area contributed by atoms with Gasteiger partial charge in [0.2, 0.25) is 0 Å².